The van der Waals surface area contributed by atoms with Crippen LogP contribution in [0.25, 0.3) is 55.2 Å². The van der Waals surface area contributed by atoms with Gasteiger partial charge in [-0.1, -0.05) is 60.7 Å². The highest BCUT2D eigenvalue weighted by Crippen LogP contribution is 2.41. The SMILES string of the molecule is O=c1oc2ccccc2c2[nH]c(-c3ccccc3)c(-c3c[nH]c4ccccc34)c12. The molecule has 3 aromatic carbocycles. The van der Waals surface area contributed by atoms with Gasteiger partial charge in [-0.15, -0.1) is 0 Å². The first-order valence-electron chi connectivity index (χ1n) is 9.51. The molecule has 0 unspecified atom stereocenters. The van der Waals surface area contributed by atoms with E-state index in [0.29, 0.717) is 11.0 Å². The Morgan fingerprint density at radius 1 is 0.759 bits per heavy atom. The molecular weight excluding hydrogens is 360 g/mol. The molecule has 2 N–H and O–H groups in total. The van der Waals surface area contributed by atoms with Crippen molar-refractivity contribution in [1.82, 2.24) is 9.97 Å². The normalized spacial score (nSPS) is 11.6. The van der Waals surface area contributed by atoms with Crippen molar-refractivity contribution < 1.29 is 4.42 Å². The van der Waals surface area contributed by atoms with E-state index >= 15 is 0 Å². The lowest BCUT2D eigenvalue weighted by Gasteiger charge is -2.04. The number of para-hydroxylation sites is 2. The van der Waals surface area contributed by atoms with Crippen LogP contribution in [0.2, 0.25) is 0 Å². The molecule has 0 radical (unpaired) electrons. The van der Waals surface area contributed by atoms with Gasteiger partial charge in [0.05, 0.1) is 16.6 Å². The van der Waals surface area contributed by atoms with Crippen molar-refractivity contribution in [2.75, 3.05) is 0 Å². The van der Waals surface area contributed by atoms with E-state index in [1.165, 1.54) is 0 Å². The van der Waals surface area contributed by atoms with Crippen molar-refractivity contribution in [3.63, 3.8) is 0 Å². The standard InChI is InChI=1S/C25H16N2O2/c28-25-22-21(18-14-26-19-12-6-4-10-16(18)19)23(15-8-2-1-3-9-15)27-24(22)17-11-5-7-13-20(17)29-25/h1-14,26-27H. The van der Waals surface area contributed by atoms with E-state index in [1.807, 2.05) is 79.0 Å². The lowest BCUT2D eigenvalue weighted by atomic mass is 9.98. The number of hydrogen-bond donors (Lipinski definition) is 2. The summed E-state index contributed by atoms with van der Waals surface area (Å²) in [6, 6.07) is 25.8. The quantitative estimate of drug-likeness (QED) is 0.359. The summed E-state index contributed by atoms with van der Waals surface area (Å²) in [5.74, 6) is 0. The smallest absolute Gasteiger partial charge is 0.346 e. The van der Waals surface area contributed by atoms with Crippen molar-refractivity contribution in [3.05, 3.63) is 95.5 Å². The Morgan fingerprint density at radius 3 is 2.34 bits per heavy atom. The van der Waals surface area contributed by atoms with Crippen molar-refractivity contribution in [2.45, 2.75) is 0 Å². The van der Waals surface area contributed by atoms with Gasteiger partial charge in [0.15, 0.2) is 0 Å². The Kier molecular flexibility index (Phi) is 3.29. The molecule has 6 rings (SSSR count). The van der Waals surface area contributed by atoms with E-state index in [0.717, 1.165) is 44.2 Å². The molecule has 0 bridgehead atoms. The molecule has 0 aliphatic rings. The highest BCUT2D eigenvalue weighted by Gasteiger charge is 2.22. The maximum Gasteiger partial charge on any atom is 0.346 e. The van der Waals surface area contributed by atoms with Gasteiger partial charge < -0.3 is 14.4 Å². The van der Waals surface area contributed by atoms with E-state index in [-0.39, 0.29) is 5.63 Å². The highest BCUT2D eigenvalue weighted by molar-refractivity contribution is 6.15. The molecule has 0 aliphatic carbocycles. The minimum atomic E-state index is -0.336. The molecule has 4 heteroatoms. The molecule has 138 valence electrons. The monoisotopic (exact) mass is 376 g/mol. The van der Waals surface area contributed by atoms with Crippen molar-refractivity contribution in [3.8, 4) is 22.4 Å². The number of hydrogen-bond acceptors (Lipinski definition) is 2. The highest BCUT2D eigenvalue weighted by atomic mass is 16.4. The van der Waals surface area contributed by atoms with E-state index in [4.69, 9.17) is 4.42 Å². The Hall–Kier alpha value is -4.05. The van der Waals surface area contributed by atoms with E-state index in [2.05, 4.69) is 16.0 Å². The number of nitrogens with one attached hydrogen (secondary N) is 2. The summed E-state index contributed by atoms with van der Waals surface area (Å²) in [7, 11) is 0. The molecule has 0 saturated carbocycles. The van der Waals surface area contributed by atoms with Gasteiger partial charge >= 0.3 is 5.63 Å². The van der Waals surface area contributed by atoms with Gasteiger partial charge in [-0.3, -0.25) is 0 Å². The Morgan fingerprint density at radius 2 is 1.48 bits per heavy atom. The van der Waals surface area contributed by atoms with Crippen LogP contribution in [0.5, 0.6) is 0 Å². The molecule has 0 fully saturated rings. The van der Waals surface area contributed by atoms with E-state index in [1.54, 1.807) is 0 Å². The van der Waals surface area contributed by atoms with Crippen LogP contribution in [0.3, 0.4) is 0 Å². The first-order valence-corrected chi connectivity index (χ1v) is 9.51. The second kappa shape index (κ2) is 5.97. The summed E-state index contributed by atoms with van der Waals surface area (Å²) >= 11 is 0. The molecule has 0 aliphatic heterocycles. The Balaban J connectivity index is 1.83. The third kappa shape index (κ3) is 2.29. The van der Waals surface area contributed by atoms with Gasteiger partial charge in [-0.05, 0) is 23.8 Å². The van der Waals surface area contributed by atoms with Crippen LogP contribution in [0.1, 0.15) is 0 Å². The molecule has 6 aromatic rings. The van der Waals surface area contributed by atoms with Crippen LogP contribution < -0.4 is 5.63 Å². The van der Waals surface area contributed by atoms with Crippen molar-refractivity contribution >= 4 is 32.8 Å². The molecule has 3 aromatic heterocycles. The Labute approximate surface area is 165 Å². The average molecular weight is 376 g/mol. The number of aromatic amines is 2. The molecule has 0 saturated heterocycles. The van der Waals surface area contributed by atoms with Gasteiger partial charge in [0, 0.05) is 33.6 Å². The fourth-order valence-corrected chi connectivity index (χ4v) is 4.19. The topological polar surface area (TPSA) is 61.8 Å². The van der Waals surface area contributed by atoms with E-state index in [9.17, 15) is 4.79 Å². The van der Waals surface area contributed by atoms with Crippen LogP contribution in [-0.4, -0.2) is 9.97 Å². The Bertz CT molecular complexity index is 1570. The van der Waals surface area contributed by atoms with Crippen LogP contribution in [0.15, 0.2) is 94.3 Å². The van der Waals surface area contributed by atoms with Crippen LogP contribution in [-0.2, 0) is 0 Å². The zero-order valence-electron chi connectivity index (χ0n) is 15.4. The summed E-state index contributed by atoms with van der Waals surface area (Å²) < 4.78 is 5.69. The van der Waals surface area contributed by atoms with Crippen LogP contribution >= 0.6 is 0 Å². The third-order valence-electron chi connectivity index (χ3n) is 5.48. The summed E-state index contributed by atoms with van der Waals surface area (Å²) in [6.07, 6.45) is 1.97. The minimum absolute atomic E-state index is 0.336. The second-order valence-corrected chi connectivity index (χ2v) is 7.12. The summed E-state index contributed by atoms with van der Waals surface area (Å²) in [5, 5.41) is 2.54. The number of H-pyrrole nitrogens is 2. The second-order valence-electron chi connectivity index (χ2n) is 7.12. The number of aromatic nitrogens is 2. The summed E-state index contributed by atoms with van der Waals surface area (Å²) in [5.41, 5.74) is 5.85. The van der Waals surface area contributed by atoms with Gasteiger partial charge in [-0.2, -0.15) is 0 Å². The fourth-order valence-electron chi connectivity index (χ4n) is 4.19. The molecule has 0 amide bonds. The minimum Gasteiger partial charge on any atom is -0.422 e. The number of rotatable bonds is 2. The molecule has 0 spiro atoms. The van der Waals surface area contributed by atoms with Crippen LogP contribution in [0.4, 0.5) is 0 Å². The lowest BCUT2D eigenvalue weighted by Crippen LogP contribution is -1.99. The number of fused-ring (bicyclic) bond motifs is 4. The van der Waals surface area contributed by atoms with Gasteiger partial charge in [-0.25, -0.2) is 4.79 Å². The number of benzene rings is 3. The third-order valence-corrected chi connectivity index (χ3v) is 5.48. The van der Waals surface area contributed by atoms with Gasteiger partial charge in [0.25, 0.3) is 0 Å². The maximum absolute atomic E-state index is 13.1. The lowest BCUT2D eigenvalue weighted by molar-refractivity contribution is 0.570. The molecule has 29 heavy (non-hydrogen) atoms. The van der Waals surface area contributed by atoms with Crippen LogP contribution in [0, 0.1) is 0 Å². The van der Waals surface area contributed by atoms with Gasteiger partial charge in [0.2, 0.25) is 0 Å². The molecule has 4 nitrogen and oxygen atoms in total. The van der Waals surface area contributed by atoms with Gasteiger partial charge in [0.1, 0.15) is 5.58 Å². The molecule has 3 heterocycles. The first-order chi connectivity index (χ1) is 14.3. The fraction of sp³-hybridized carbons (Fsp3) is 0. The molecule has 0 atom stereocenters. The average Bonchev–Trinajstić information content (AvgIpc) is 3.36. The summed E-state index contributed by atoms with van der Waals surface area (Å²) in [4.78, 5) is 20.0. The zero-order chi connectivity index (χ0) is 19.4. The summed E-state index contributed by atoms with van der Waals surface area (Å²) in [6.45, 7) is 0. The predicted octanol–water partition coefficient (Wildman–Crippen LogP) is 6.09. The maximum atomic E-state index is 13.1. The largest absolute Gasteiger partial charge is 0.422 e. The van der Waals surface area contributed by atoms with Crippen molar-refractivity contribution in [1.29, 1.82) is 0 Å². The first kappa shape index (κ1) is 16.0. The molecular formula is C25H16N2O2. The predicted molar refractivity (Wildman–Crippen MR) is 117 cm³/mol. The zero-order valence-corrected chi connectivity index (χ0v) is 15.4. The van der Waals surface area contributed by atoms with Crippen molar-refractivity contribution in [2.24, 2.45) is 0 Å². The van der Waals surface area contributed by atoms with E-state index < -0.39 is 0 Å².